The molecule has 1 rings (SSSR count). The fourth-order valence-electron chi connectivity index (χ4n) is 0.894. The van der Waals surface area contributed by atoms with Crippen molar-refractivity contribution in [2.45, 2.75) is 13.2 Å². The molecule has 0 aromatic carbocycles. The van der Waals surface area contributed by atoms with Gasteiger partial charge < -0.3 is 14.9 Å². The van der Waals surface area contributed by atoms with Crippen LogP contribution in [0.25, 0.3) is 0 Å². The summed E-state index contributed by atoms with van der Waals surface area (Å²) in [5, 5.41) is 6.89. The predicted molar refractivity (Wildman–Crippen MR) is 46.0 cm³/mol. The third-order valence-corrected chi connectivity index (χ3v) is 1.62. The second-order valence-electron chi connectivity index (χ2n) is 2.31. The smallest absolute Gasteiger partial charge is 0.290 e. The Kier molecular flexibility index (Phi) is 4.87. The third kappa shape index (κ3) is 2.79. The molecule has 0 aliphatic carbocycles. The van der Waals surface area contributed by atoms with Crippen molar-refractivity contribution in [3.8, 4) is 0 Å². The molecule has 1 atom stereocenters. The zero-order valence-electron chi connectivity index (χ0n) is 7.34. The molecule has 3 N–H and O–H groups in total. The van der Waals surface area contributed by atoms with E-state index in [0.29, 0.717) is 0 Å². The Morgan fingerprint density at radius 1 is 1.67 bits per heavy atom. The maximum atomic E-state index is 8.36. The van der Waals surface area contributed by atoms with Crippen molar-refractivity contribution in [3.05, 3.63) is 12.4 Å². The molecule has 0 bridgehead atoms. The summed E-state index contributed by atoms with van der Waals surface area (Å²) in [5.74, 6) is 0. The van der Waals surface area contributed by atoms with Gasteiger partial charge in [-0.05, 0) is 6.92 Å². The molecule has 1 heterocycles. The van der Waals surface area contributed by atoms with E-state index in [1.165, 1.54) is 0 Å². The highest BCUT2D eigenvalue weighted by Gasteiger charge is 2.15. The van der Waals surface area contributed by atoms with Gasteiger partial charge in [-0.15, -0.1) is 0 Å². The predicted octanol–water partition coefficient (Wildman–Crippen LogP) is -0.332. The van der Waals surface area contributed by atoms with E-state index in [0.717, 1.165) is 6.54 Å². The fourth-order valence-corrected chi connectivity index (χ4v) is 0.894. The summed E-state index contributed by atoms with van der Waals surface area (Å²) in [7, 11) is 1.97. The van der Waals surface area contributed by atoms with E-state index in [9.17, 15) is 0 Å². The van der Waals surface area contributed by atoms with Gasteiger partial charge in [0.1, 0.15) is 0 Å². The molecular formula is C7H15N3O2. The lowest BCUT2D eigenvalue weighted by Crippen LogP contribution is -2.43. The number of nitrogens with zero attached hydrogens (tertiary/aromatic N) is 2. The van der Waals surface area contributed by atoms with Crippen LogP contribution >= 0.6 is 0 Å². The zero-order chi connectivity index (χ0) is 9.56. The number of rotatable bonds is 1. The molecule has 0 aromatic heterocycles. The summed E-state index contributed by atoms with van der Waals surface area (Å²) < 4.78 is 0. The molecule has 0 radical (unpaired) electrons. The molecule has 0 aromatic rings. The van der Waals surface area contributed by atoms with Gasteiger partial charge in [-0.1, -0.05) is 0 Å². The molecular weight excluding hydrogens is 158 g/mol. The molecule has 0 spiro atoms. The largest absolute Gasteiger partial charge is 0.483 e. The van der Waals surface area contributed by atoms with E-state index < -0.39 is 0 Å². The Balaban J connectivity index is 0.000000354. The second kappa shape index (κ2) is 5.42. The first kappa shape index (κ1) is 10.8. The molecule has 12 heavy (non-hydrogen) atoms. The highest BCUT2D eigenvalue weighted by atomic mass is 16.3. The van der Waals surface area contributed by atoms with Gasteiger partial charge in [0.2, 0.25) is 0 Å². The minimum Gasteiger partial charge on any atom is -0.483 e. The van der Waals surface area contributed by atoms with Gasteiger partial charge in [0.15, 0.2) is 6.29 Å². The molecule has 0 amide bonds. The SMILES string of the molecule is CCN1C=CN(C)C1N.O=CO. The van der Waals surface area contributed by atoms with Gasteiger partial charge in [0.25, 0.3) is 6.47 Å². The normalized spacial score (nSPS) is 20.4. The van der Waals surface area contributed by atoms with Crippen LogP contribution in [0.1, 0.15) is 6.92 Å². The van der Waals surface area contributed by atoms with Crippen LogP contribution < -0.4 is 5.73 Å². The van der Waals surface area contributed by atoms with E-state index in [2.05, 4.69) is 11.8 Å². The van der Waals surface area contributed by atoms with Gasteiger partial charge >= 0.3 is 0 Å². The Labute approximate surface area is 72.1 Å². The second-order valence-corrected chi connectivity index (χ2v) is 2.31. The molecule has 0 fully saturated rings. The van der Waals surface area contributed by atoms with E-state index in [4.69, 9.17) is 15.6 Å². The number of nitrogens with two attached hydrogens (primary N) is 1. The summed E-state index contributed by atoms with van der Waals surface area (Å²) >= 11 is 0. The zero-order valence-corrected chi connectivity index (χ0v) is 7.34. The molecule has 0 saturated heterocycles. The van der Waals surface area contributed by atoms with Gasteiger partial charge in [0, 0.05) is 26.0 Å². The Morgan fingerprint density at radius 3 is 2.33 bits per heavy atom. The third-order valence-electron chi connectivity index (χ3n) is 1.62. The first-order valence-electron chi connectivity index (χ1n) is 3.66. The van der Waals surface area contributed by atoms with E-state index in [1.807, 2.05) is 24.3 Å². The first-order chi connectivity index (χ1) is 5.67. The minimum absolute atomic E-state index is 0.0509. The highest BCUT2D eigenvalue weighted by molar-refractivity contribution is 5.32. The molecule has 0 saturated carbocycles. The van der Waals surface area contributed by atoms with Crippen molar-refractivity contribution < 1.29 is 9.90 Å². The van der Waals surface area contributed by atoms with Crippen molar-refractivity contribution in [3.63, 3.8) is 0 Å². The molecule has 1 aliphatic heterocycles. The van der Waals surface area contributed by atoms with Crippen LogP contribution in [0.3, 0.4) is 0 Å². The maximum Gasteiger partial charge on any atom is 0.290 e. The summed E-state index contributed by atoms with van der Waals surface area (Å²) in [6.07, 6.45) is 4.04. The lowest BCUT2D eigenvalue weighted by molar-refractivity contribution is -0.122. The van der Waals surface area contributed by atoms with Crippen LogP contribution in [0.5, 0.6) is 0 Å². The van der Waals surface area contributed by atoms with E-state index in [1.54, 1.807) is 0 Å². The Morgan fingerprint density at radius 2 is 2.17 bits per heavy atom. The average molecular weight is 173 g/mol. The topological polar surface area (TPSA) is 69.8 Å². The van der Waals surface area contributed by atoms with E-state index in [-0.39, 0.29) is 12.8 Å². The molecule has 5 heteroatoms. The quantitative estimate of drug-likeness (QED) is 0.531. The summed E-state index contributed by atoms with van der Waals surface area (Å²) in [4.78, 5) is 12.4. The lowest BCUT2D eigenvalue weighted by Gasteiger charge is -2.24. The van der Waals surface area contributed by atoms with Gasteiger partial charge in [-0.25, -0.2) is 0 Å². The van der Waals surface area contributed by atoms with Crippen molar-refractivity contribution in [1.82, 2.24) is 9.80 Å². The molecule has 1 unspecified atom stereocenters. The summed E-state index contributed by atoms with van der Waals surface area (Å²) in [6.45, 7) is 2.81. The van der Waals surface area contributed by atoms with Gasteiger partial charge in [-0.2, -0.15) is 0 Å². The molecule has 1 aliphatic rings. The number of hydrogen-bond acceptors (Lipinski definition) is 4. The fraction of sp³-hybridized carbons (Fsp3) is 0.571. The molecule has 70 valence electrons. The van der Waals surface area contributed by atoms with Crippen molar-refractivity contribution in [2.24, 2.45) is 5.73 Å². The monoisotopic (exact) mass is 173 g/mol. The van der Waals surface area contributed by atoms with Crippen LogP contribution in [-0.4, -0.2) is 41.3 Å². The number of carboxylic acid groups (broad SMARTS) is 1. The summed E-state index contributed by atoms with van der Waals surface area (Å²) in [5.41, 5.74) is 5.72. The van der Waals surface area contributed by atoms with Crippen LogP contribution in [0, 0.1) is 0 Å². The molecule has 5 nitrogen and oxygen atoms in total. The Hall–Kier alpha value is -1.23. The van der Waals surface area contributed by atoms with Crippen LogP contribution in [0.4, 0.5) is 0 Å². The van der Waals surface area contributed by atoms with Crippen molar-refractivity contribution >= 4 is 6.47 Å². The number of carbonyl (C=O) groups is 1. The van der Waals surface area contributed by atoms with Crippen LogP contribution in [0.2, 0.25) is 0 Å². The number of hydrogen-bond donors (Lipinski definition) is 2. The Bertz CT molecular complexity index is 161. The average Bonchev–Trinajstić information content (AvgIpc) is 2.35. The van der Waals surface area contributed by atoms with Gasteiger partial charge in [-0.3, -0.25) is 10.5 Å². The highest BCUT2D eigenvalue weighted by Crippen LogP contribution is 2.06. The summed E-state index contributed by atoms with van der Waals surface area (Å²) in [6, 6.07) is 0. The van der Waals surface area contributed by atoms with Crippen LogP contribution in [-0.2, 0) is 4.79 Å². The van der Waals surface area contributed by atoms with Gasteiger partial charge in [0.05, 0.1) is 0 Å². The van der Waals surface area contributed by atoms with Crippen molar-refractivity contribution in [1.29, 1.82) is 0 Å². The first-order valence-corrected chi connectivity index (χ1v) is 3.66. The minimum atomic E-state index is -0.250. The maximum absolute atomic E-state index is 8.36. The van der Waals surface area contributed by atoms with Crippen molar-refractivity contribution in [2.75, 3.05) is 13.6 Å². The standard InChI is InChI=1S/C6H13N3.CH2O2/c1-3-9-5-4-8(2)6(9)7;2-1-3/h4-6H,3,7H2,1-2H3;1H,(H,2,3). The van der Waals surface area contributed by atoms with E-state index >= 15 is 0 Å². The van der Waals surface area contributed by atoms with Crippen LogP contribution in [0.15, 0.2) is 12.4 Å². The lowest BCUT2D eigenvalue weighted by atomic mass is 10.6.